The normalized spacial score (nSPS) is 19.1. The first kappa shape index (κ1) is 13.9. The molecule has 1 aromatic heterocycles. The smallest absolute Gasteiger partial charge is 0.0671 e. The zero-order valence-corrected chi connectivity index (χ0v) is 12.6. The van der Waals surface area contributed by atoms with Gasteiger partial charge in [-0.1, -0.05) is 33.1 Å². The molecule has 102 valence electrons. The van der Waals surface area contributed by atoms with Crippen LogP contribution in [0.25, 0.3) is 0 Å². The number of aryl methyl sites for hydroxylation is 1. The van der Waals surface area contributed by atoms with E-state index in [1.807, 2.05) is 0 Å². The van der Waals surface area contributed by atoms with Crippen LogP contribution in [0.2, 0.25) is 0 Å². The molecular weight excluding hydrogens is 244 g/mol. The van der Waals surface area contributed by atoms with Gasteiger partial charge in [0.1, 0.15) is 0 Å². The summed E-state index contributed by atoms with van der Waals surface area (Å²) in [7, 11) is 0. The van der Waals surface area contributed by atoms with E-state index in [4.69, 9.17) is 16.7 Å². The number of hydrogen-bond donors (Lipinski definition) is 0. The monoisotopic (exact) mass is 268 g/mol. The van der Waals surface area contributed by atoms with Crippen molar-refractivity contribution in [1.82, 2.24) is 9.78 Å². The number of rotatable bonds is 4. The second-order valence-electron chi connectivity index (χ2n) is 5.37. The Balaban J connectivity index is 2.39. The zero-order chi connectivity index (χ0) is 13.1. The van der Waals surface area contributed by atoms with Gasteiger partial charge in [-0.2, -0.15) is 5.10 Å². The fraction of sp³-hybridized carbons (Fsp3) is 0.800. The second kappa shape index (κ2) is 6.10. The lowest BCUT2D eigenvalue weighted by molar-refractivity contribution is 0.321. The van der Waals surface area contributed by atoms with E-state index in [0.717, 1.165) is 12.8 Å². The van der Waals surface area contributed by atoms with E-state index < -0.39 is 0 Å². The zero-order valence-electron chi connectivity index (χ0n) is 11.9. The van der Waals surface area contributed by atoms with Gasteiger partial charge in [-0.3, -0.25) is 4.68 Å². The first-order valence-corrected chi connectivity index (χ1v) is 7.86. The van der Waals surface area contributed by atoms with Gasteiger partial charge in [-0.25, -0.2) is 0 Å². The molecule has 0 spiro atoms. The van der Waals surface area contributed by atoms with Crippen molar-refractivity contribution in [3.05, 3.63) is 17.0 Å². The summed E-state index contributed by atoms with van der Waals surface area (Å²) in [5.41, 5.74) is 3.88. The highest BCUT2D eigenvalue weighted by atomic mass is 35.5. The van der Waals surface area contributed by atoms with Crippen LogP contribution in [-0.2, 0) is 12.8 Å². The fourth-order valence-electron chi connectivity index (χ4n) is 3.23. The topological polar surface area (TPSA) is 17.8 Å². The Morgan fingerprint density at radius 3 is 2.39 bits per heavy atom. The van der Waals surface area contributed by atoms with E-state index in [1.54, 1.807) is 0 Å². The molecule has 3 heteroatoms. The van der Waals surface area contributed by atoms with Crippen LogP contribution in [0.1, 0.15) is 81.2 Å². The van der Waals surface area contributed by atoms with Crippen molar-refractivity contribution in [1.29, 1.82) is 0 Å². The minimum atomic E-state index is 0.0761. The van der Waals surface area contributed by atoms with Crippen molar-refractivity contribution < 1.29 is 0 Å². The third-order valence-corrected chi connectivity index (χ3v) is 4.33. The first-order valence-electron chi connectivity index (χ1n) is 7.43. The molecule has 18 heavy (non-hydrogen) atoms. The molecule has 0 radical (unpaired) electrons. The van der Waals surface area contributed by atoms with Gasteiger partial charge in [-0.15, -0.1) is 11.6 Å². The van der Waals surface area contributed by atoms with Crippen molar-refractivity contribution in [2.24, 2.45) is 0 Å². The highest BCUT2D eigenvalue weighted by Gasteiger charge is 2.24. The van der Waals surface area contributed by atoms with Crippen LogP contribution in [-0.4, -0.2) is 9.78 Å². The Morgan fingerprint density at radius 1 is 1.22 bits per heavy atom. The molecule has 2 nitrogen and oxygen atoms in total. The van der Waals surface area contributed by atoms with Crippen molar-refractivity contribution in [2.45, 2.75) is 77.1 Å². The van der Waals surface area contributed by atoms with Gasteiger partial charge in [0, 0.05) is 11.3 Å². The molecular formula is C15H25ClN2. The summed E-state index contributed by atoms with van der Waals surface area (Å²) in [5.74, 6) is 0. The molecule has 0 bridgehead atoms. The van der Waals surface area contributed by atoms with Crippen LogP contribution < -0.4 is 0 Å². The molecule has 0 amide bonds. The lowest BCUT2D eigenvalue weighted by atomic mass is 9.95. The van der Waals surface area contributed by atoms with Crippen LogP contribution in [0.5, 0.6) is 0 Å². The minimum absolute atomic E-state index is 0.0761. The molecule has 1 atom stereocenters. The van der Waals surface area contributed by atoms with Gasteiger partial charge in [0.25, 0.3) is 0 Å². The van der Waals surface area contributed by atoms with E-state index >= 15 is 0 Å². The number of nitrogens with zero attached hydrogens (tertiary/aromatic N) is 2. The molecule has 1 saturated carbocycles. The van der Waals surface area contributed by atoms with Gasteiger partial charge in [0.15, 0.2) is 0 Å². The SMILES string of the molecule is CCc1nn(C2CCCCC2)c(CC)c1C(C)Cl. The summed E-state index contributed by atoms with van der Waals surface area (Å²) in [6.07, 6.45) is 8.68. The van der Waals surface area contributed by atoms with E-state index in [0.29, 0.717) is 6.04 Å². The fourth-order valence-corrected chi connectivity index (χ4v) is 3.49. The maximum atomic E-state index is 6.37. The summed E-state index contributed by atoms with van der Waals surface area (Å²) in [6.45, 7) is 6.47. The van der Waals surface area contributed by atoms with Crippen LogP contribution in [0.3, 0.4) is 0 Å². The third kappa shape index (κ3) is 2.59. The molecule has 1 aliphatic carbocycles. The highest BCUT2D eigenvalue weighted by Crippen LogP contribution is 2.34. The molecule has 1 heterocycles. The van der Waals surface area contributed by atoms with Gasteiger partial charge in [0.05, 0.1) is 17.1 Å². The van der Waals surface area contributed by atoms with Crippen LogP contribution in [0.15, 0.2) is 0 Å². The van der Waals surface area contributed by atoms with Crippen molar-refractivity contribution >= 4 is 11.6 Å². The Labute approximate surface area is 116 Å². The highest BCUT2D eigenvalue weighted by molar-refractivity contribution is 6.20. The molecule has 0 saturated heterocycles. The average molecular weight is 269 g/mol. The maximum Gasteiger partial charge on any atom is 0.0671 e. The molecule has 1 aromatic rings. The predicted molar refractivity (Wildman–Crippen MR) is 77.4 cm³/mol. The largest absolute Gasteiger partial charge is 0.266 e. The van der Waals surface area contributed by atoms with E-state index in [-0.39, 0.29) is 5.38 Å². The Bertz CT molecular complexity index is 389. The average Bonchev–Trinajstić information content (AvgIpc) is 2.78. The summed E-state index contributed by atoms with van der Waals surface area (Å²) >= 11 is 6.37. The summed E-state index contributed by atoms with van der Waals surface area (Å²) in [6, 6.07) is 0.614. The number of halogens is 1. The van der Waals surface area contributed by atoms with Crippen molar-refractivity contribution in [3.63, 3.8) is 0 Å². The van der Waals surface area contributed by atoms with Crippen LogP contribution >= 0.6 is 11.6 Å². The Kier molecular flexibility index (Phi) is 4.71. The molecule has 2 rings (SSSR count). The van der Waals surface area contributed by atoms with Gasteiger partial charge in [0.2, 0.25) is 0 Å². The molecule has 0 aromatic carbocycles. The van der Waals surface area contributed by atoms with Crippen molar-refractivity contribution in [3.8, 4) is 0 Å². The van der Waals surface area contributed by atoms with E-state index in [1.165, 1.54) is 49.1 Å². The third-order valence-electron chi connectivity index (χ3n) is 4.11. The lowest BCUT2D eigenvalue weighted by Crippen LogP contribution is -2.16. The molecule has 0 aliphatic heterocycles. The van der Waals surface area contributed by atoms with E-state index in [2.05, 4.69) is 25.5 Å². The molecule has 1 aliphatic rings. The molecule has 0 N–H and O–H groups in total. The van der Waals surface area contributed by atoms with Crippen LogP contribution in [0, 0.1) is 0 Å². The van der Waals surface area contributed by atoms with Crippen LogP contribution in [0.4, 0.5) is 0 Å². The quantitative estimate of drug-likeness (QED) is 0.717. The summed E-state index contributed by atoms with van der Waals surface area (Å²) in [4.78, 5) is 0. The summed E-state index contributed by atoms with van der Waals surface area (Å²) < 4.78 is 2.31. The number of hydrogen-bond acceptors (Lipinski definition) is 1. The van der Waals surface area contributed by atoms with Crippen molar-refractivity contribution in [2.75, 3.05) is 0 Å². The summed E-state index contributed by atoms with van der Waals surface area (Å²) in [5, 5.41) is 4.95. The standard InChI is InChI=1S/C15H25ClN2/c1-4-13-15(11(3)16)14(5-2)18(17-13)12-9-7-6-8-10-12/h11-12H,4-10H2,1-3H3. The van der Waals surface area contributed by atoms with E-state index in [9.17, 15) is 0 Å². The van der Waals surface area contributed by atoms with Gasteiger partial charge in [-0.05, 0) is 32.6 Å². The maximum absolute atomic E-state index is 6.37. The second-order valence-corrected chi connectivity index (χ2v) is 6.02. The Hall–Kier alpha value is -0.500. The number of aromatic nitrogens is 2. The van der Waals surface area contributed by atoms with Gasteiger partial charge < -0.3 is 0 Å². The number of alkyl halides is 1. The molecule has 1 unspecified atom stereocenters. The minimum Gasteiger partial charge on any atom is -0.266 e. The Morgan fingerprint density at radius 2 is 1.89 bits per heavy atom. The predicted octanol–water partition coefficient (Wildman–Crippen LogP) is 4.81. The molecule has 1 fully saturated rings. The first-order chi connectivity index (χ1) is 8.69. The van der Waals surface area contributed by atoms with Gasteiger partial charge >= 0.3 is 0 Å². The lowest BCUT2D eigenvalue weighted by Gasteiger charge is -2.24.